The summed E-state index contributed by atoms with van der Waals surface area (Å²) in [5.74, 6) is 2.47. The van der Waals surface area contributed by atoms with Gasteiger partial charge in [-0.25, -0.2) is 4.98 Å². The van der Waals surface area contributed by atoms with Crippen molar-refractivity contribution in [3.8, 4) is 28.3 Å². The minimum atomic E-state index is -2.35. The highest BCUT2D eigenvalue weighted by atomic mass is 16.3. The number of hydrogen-bond donors (Lipinski definition) is 1. The van der Waals surface area contributed by atoms with Crippen LogP contribution in [0.15, 0.2) is 36.8 Å². The molecule has 3 aromatic rings. The van der Waals surface area contributed by atoms with E-state index in [-0.39, 0.29) is 5.75 Å². The molecule has 5 rings (SSSR count). The molecule has 7 heteroatoms. The van der Waals surface area contributed by atoms with Crippen molar-refractivity contribution in [2.24, 2.45) is 18.8 Å². The monoisotopic (exact) mass is 379 g/mol. The minimum absolute atomic E-state index is 0.0482. The first-order chi connectivity index (χ1) is 14.9. The zero-order valence-electron chi connectivity index (χ0n) is 18.5. The lowest BCUT2D eigenvalue weighted by Gasteiger charge is -2.33. The number of aromatic nitrogens is 5. The minimum Gasteiger partial charge on any atom is -0.506 e. The molecular weight excluding hydrogens is 352 g/mol. The molecule has 1 saturated carbocycles. The Labute approximate surface area is 168 Å². The van der Waals surface area contributed by atoms with Gasteiger partial charge in [0.2, 0.25) is 0 Å². The lowest BCUT2D eigenvalue weighted by molar-refractivity contribution is 0.372. The van der Waals surface area contributed by atoms with Crippen LogP contribution in [0.1, 0.15) is 29.8 Å². The Morgan fingerprint density at radius 1 is 1.11 bits per heavy atom. The third-order valence-corrected chi connectivity index (χ3v) is 5.75. The van der Waals surface area contributed by atoms with Gasteiger partial charge in [-0.2, -0.15) is 5.10 Å². The molecule has 0 spiro atoms. The van der Waals surface area contributed by atoms with Crippen molar-refractivity contribution >= 4 is 5.82 Å². The zero-order valence-corrected chi connectivity index (χ0v) is 15.5. The first kappa shape index (κ1) is 14.1. The molecule has 1 N–H and O–H groups in total. The predicted molar refractivity (Wildman–Crippen MR) is 107 cm³/mol. The maximum Gasteiger partial charge on any atom is 0.151 e. The predicted octanol–water partition coefficient (Wildman–Crippen LogP) is 3.27. The van der Waals surface area contributed by atoms with E-state index in [1.54, 1.807) is 6.20 Å². The van der Waals surface area contributed by atoms with Gasteiger partial charge in [0.25, 0.3) is 0 Å². The van der Waals surface area contributed by atoms with Crippen molar-refractivity contribution in [3.63, 3.8) is 0 Å². The Morgan fingerprint density at radius 3 is 2.75 bits per heavy atom. The molecule has 144 valence electrons. The third-order valence-electron chi connectivity index (χ3n) is 5.75. The van der Waals surface area contributed by atoms with E-state index >= 15 is 0 Å². The zero-order chi connectivity index (χ0) is 21.6. The number of rotatable bonds is 4. The third kappa shape index (κ3) is 3.32. The largest absolute Gasteiger partial charge is 0.506 e. The van der Waals surface area contributed by atoms with Gasteiger partial charge in [0.05, 0.1) is 6.20 Å². The molecule has 1 aliphatic heterocycles. The SMILES string of the molecule is [2H]C([2H])([2H])n1cc(-c2cnc(-c3ccc(N4CCC[C@@H](C5CC5)C4)nn3)c(O)c2)cn1. The van der Waals surface area contributed by atoms with E-state index in [9.17, 15) is 5.11 Å². The summed E-state index contributed by atoms with van der Waals surface area (Å²) in [5, 5.41) is 23.1. The summed E-state index contributed by atoms with van der Waals surface area (Å²) in [6.07, 6.45) is 9.63. The van der Waals surface area contributed by atoms with Crippen LogP contribution in [0.5, 0.6) is 5.75 Å². The van der Waals surface area contributed by atoms with Crippen molar-refractivity contribution < 1.29 is 9.22 Å². The number of anilines is 1. The number of hydrogen-bond acceptors (Lipinski definition) is 6. The molecular formula is C21H24N6O. The van der Waals surface area contributed by atoms with Gasteiger partial charge in [-0.15, -0.1) is 10.2 Å². The van der Waals surface area contributed by atoms with E-state index in [1.165, 1.54) is 44.1 Å². The van der Waals surface area contributed by atoms with Crippen LogP contribution in [0.2, 0.25) is 0 Å². The molecule has 28 heavy (non-hydrogen) atoms. The highest BCUT2D eigenvalue weighted by molar-refractivity contribution is 5.70. The lowest BCUT2D eigenvalue weighted by Crippen LogP contribution is -2.36. The molecule has 0 aromatic carbocycles. The first-order valence-corrected chi connectivity index (χ1v) is 9.72. The molecule has 1 atom stereocenters. The summed E-state index contributed by atoms with van der Waals surface area (Å²) in [5.41, 5.74) is 1.95. The summed E-state index contributed by atoms with van der Waals surface area (Å²) >= 11 is 0. The van der Waals surface area contributed by atoms with Crippen molar-refractivity contribution in [1.82, 2.24) is 25.0 Å². The van der Waals surface area contributed by atoms with Crippen LogP contribution in [0.4, 0.5) is 5.82 Å². The second-order valence-electron chi connectivity index (χ2n) is 7.73. The second kappa shape index (κ2) is 6.89. The number of pyridine rings is 1. The average molecular weight is 379 g/mol. The molecule has 0 bridgehead atoms. The van der Waals surface area contributed by atoms with Crippen molar-refractivity contribution in [2.45, 2.75) is 25.7 Å². The molecule has 1 saturated heterocycles. The Bertz CT molecular complexity index is 1080. The van der Waals surface area contributed by atoms with Crippen molar-refractivity contribution in [2.75, 3.05) is 18.0 Å². The highest BCUT2D eigenvalue weighted by Gasteiger charge is 2.34. The molecule has 1 aliphatic carbocycles. The topological polar surface area (TPSA) is 80.0 Å². The first-order valence-electron chi connectivity index (χ1n) is 11.2. The van der Waals surface area contributed by atoms with Gasteiger partial charge >= 0.3 is 0 Å². The number of nitrogens with zero attached hydrogens (tertiary/aromatic N) is 6. The van der Waals surface area contributed by atoms with E-state index in [4.69, 9.17) is 4.11 Å². The van der Waals surface area contributed by atoms with Crippen LogP contribution in [0.25, 0.3) is 22.5 Å². The quantitative estimate of drug-likeness (QED) is 0.749. The van der Waals surface area contributed by atoms with Gasteiger partial charge in [0.15, 0.2) is 5.82 Å². The Balaban J connectivity index is 1.34. The standard InChI is InChI=1S/C21H24N6O/c1-26-12-17(11-23-26)16-9-19(28)21(22-10-16)18-6-7-20(25-24-18)27-8-2-3-15(13-27)14-4-5-14/h6-7,9-12,14-15,28H,2-5,8,13H2,1H3/t15-/m1/s1/i1D3. The fraction of sp³-hybridized carbons (Fsp3) is 0.429. The highest BCUT2D eigenvalue weighted by Crippen LogP contribution is 2.41. The lowest BCUT2D eigenvalue weighted by atomic mass is 9.93. The number of piperidine rings is 1. The maximum atomic E-state index is 10.5. The molecule has 0 radical (unpaired) electrons. The van der Waals surface area contributed by atoms with E-state index in [2.05, 4.69) is 25.2 Å². The Morgan fingerprint density at radius 2 is 2.04 bits per heavy atom. The van der Waals surface area contributed by atoms with Gasteiger partial charge < -0.3 is 10.0 Å². The fourth-order valence-electron chi connectivity index (χ4n) is 4.07. The normalized spacial score (nSPS) is 21.8. The van der Waals surface area contributed by atoms with Crippen molar-refractivity contribution in [1.29, 1.82) is 0 Å². The Hall–Kier alpha value is -2.96. The second-order valence-corrected chi connectivity index (χ2v) is 7.73. The van der Waals surface area contributed by atoms with E-state index in [0.29, 0.717) is 22.5 Å². The molecule has 0 unspecified atom stereocenters. The Kier molecular flexibility index (Phi) is 3.47. The van der Waals surface area contributed by atoms with Crippen LogP contribution < -0.4 is 4.90 Å². The molecule has 7 nitrogen and oxygen atoms in total. The summed E-state index contributed by atoms with van der Waals surface area (Å²) in [6, 6.07) is 5.30. The summed E-state index contributed by atoms with van der Waals surface area (Å²) in [6.45, 7) is -0.307. The maximum absolute atomic E-state index is 10.5. The van der Waals surface area contributed by atoms with E-state index < -0.39 is 6.98 Å². The smallest absolute Gasteiger partial charge is 0.151 e. The summed E-state index contributed by atoms with van der Waals surface area (Å²) in [4.78, 5) is 6.65. The van der Waals surface area contributed by atoms with Crippen LogP contribution in [0, 0.1) is 11.8 Å². The molecule has 2 aliphatic rings. The van der Waals surface area contributed by atoms with E-state index in [0.717, 1.165) is 35.4 Å². The number of aromatic hydroxyl groups is 1. The summed E-state index contributed by atoms with van der Waals surface area (Å²) < 4.78 is 23.1. The summed E-state index contributed by atoms with van der Waals surface area (Å²) in [7, 11) is 0. The van der Waals surface area contributed by atoms with Crippen LogP contribution >= 0.6 is 0 Å². The number of aryl methyl sites for hydroxylation is 1. The van der Waals surface area contributed by atoms with Gasteiger partial charge in [-0.3, -0.25) is 4.68 Å². The van der Waals surface area contributed by atoms with Crippen LogP contribution in [-0.2, 0) is 6.98 Å². The van der Waals surface area contributed by atoms with Gasteiger partial charge in [-0.1, -0.05) is 0 Å². The average Bonchev–Trinajstić information content (AvgIpc) is 3.49. The molecule has 2 fully saturated rings. The van der Waals surface area contributed by atoms with Crippen LogP contribution in [0.3, 0.4) is 0 Å². The van der Waals surface area contributed by atoms with Crippen LogP contribution in [-0.4, -0.2) is 43.2 Å². The van der Waals surface area contributed by atoms with Crippen molar-refractivity contribution in [3.05, 3.63) is 36.8 Å². The molecule has 0 amide bonds. The molecule has 4 heterocycles. The molecule has 3 aromatic heterocycles. The van der Waals surface area contributed by atoms with Gasteiger partial charge in [0, 0.05) is 47.7 Å². The van der Waals surface area contributed by atoms with Gasteiger partial charge in [-0.05, 0) is 55.7 Å². The van der Waals surface area contributed by atoms with E-state index in [1.807, 2.05) is 12.1 Å². The van der Waals surface area contributed by atoms with Gasteiger partial charge in [0.1, 0.15) is 17.1 Å². The fourth-order valence-corrected chi connectivity index (χ4v) is 4.07.